The van der Waals surface area contributed by atoms with Crippen molar-refractivity contribution in [2.24, 2.45) is 5.92 Å². The van der Waals surface area contributed by atoms with Crippen molar-refractivity contribution in [2.75, 3.05) is 43.3 Å². The number of hydrogen-bond acceptors (Lipinski definition) is 5. The van der Waals surface area contributed by atoms with Crippen molar-refractivity contribution in [2.45, 2.75) is 19.4 Å². The topological polar surface area (TPSA) is 55.4 Å². The number of hydrogen-bond donors (Lipinski definition) is 1. The Morgan fingerprint density at radius 1 is 1.53 bits per heavy atom. The van der Waals surface area contributed by atoms with Crippen molar-refractivity contribution in [1.29, 1.82) is 0 Å². The predicted octanol–water partition coefficient (Wildman–Crippen LogP) is 0.779. The molecule has 0 aromatic rings. The molecule has 4 nitrogen and oxygen atoms in total. The van der Waals surface area contributed by atoms with Gasteiger partial charge >= 0.3 is 0 Å². The third-order valence-corrected chi connectivity index (χ3v) is 5.19. The van der Waals surface area contributed by atoms with E-state index in [1.165, 1.54) is 6.26 Å². The van der Waals surface area contributed by atoms with Crippen molar-refractivity contribution < 1.29 is 13.2 Å². The summed E-state index contributed by atoms with van der Waals surface area (Å²) in [5.74, 6) is 2.52. The molecule has 1 aliphatic rings. The monoisotopic (exact) mass is 281 g/mol. The first-order valence-electron chi connectivity index (χ1n) is 6.09. The van der Waals surface area contributed by atoms with Gasteiger partial charge in [-0.25, -0.2) is 8.42 Å². The van der Waals surface area contributed by atoms with Gasteiger partial charge < -0.3 is 10.1 Å². The lowest BCUT2D eigenvalue weighted by Crippen LogP contribution is -2.38. The Labute approximate surface area is 109 Å². The van der Waals surface area contributed by atoms with Gasteiger partial charge in [-0.05, 0) is 13.0 Å². The first-order chi connectivity index (χ1) is 8.03. The van der Waals surface area contributed by atoms with Gasteiger partial charge in [-0.1, -0.05) is 6.92 Å². The molecule has 17 heavy (non-hydrogen) atoms. The van der Waals surface area contributed by atoms with Crippen LogP contribution in [0.3, 0.4) is 0 Å². The molecule has 6 heteroatoms. The molecule has 0 aromatic carbocycles. The van der Waals surface area contributed by atoms with E-state index in [9.17, 15) is 8.42 Å². The van der Waals surface area contributed by atoms with Crippen LogP contribution in [-0.4, -0.2) is 57.7 Å². The summed E-state index contributed by atoms with van der Waals surface area (Å²) in [5.41, 5.74) is 0. The molecule has 1 rings (SSSR count). The van der Waals surface area contributed by atoms with E-state index in [2.05, 4.69) is 12.2 Å². The standard InChI is InChI=1S/C11H23NO3S2/c1-3-12-11(10-4-5-15-8-10)9-16-6-7-17(2,13)14/h10-12H,3-9H2,1-2H3. The predicted molar refractivity (Wildman–Crippen MR) is 73.4 cm³/mol. The zero-order valence-corrected chi connectivity index (χ0v) is 12.3. The zero-order valence-electron chi connectivity index (χ0n) is 10.6. The lowest BCUT2D eigenvalue weighted by molar-refractivity contribution is 0.179. The maximum absolute atomic E-state index is 11.0. The summed E-state index contributed by atoms with van der Waals surface area (Å²) in [6.45, 7) is 4.75. The molecule has 1 N–H and O–H groups in total. The van der Waals surface area contributed by atoms with Gasteiger partial charge in [0, 0.05) is 36.3 Å². The lowest BCUT2D eigenvalue weighted by atomic mass is 10.0. The van der Waals surface area contributed by atoms with Gasteiger partial charge in [-0.2, -0.15) is 11.8 Å². The first-order valence-corrected chi connectivity index (χ1v) is 9.31. The molecule has 0 saturated carbocycles. The molecule has 1 heterocycles. The van der Waals surface area contributed by atoms with Crippen molar-refractivity contribution in [1.82, 2.24) is 5.32 Å². The number of sulfone groups is 1. The number of nitrogens with one attached hydrogen (secondary N) is 1. The zero-order chi connectivity index (χ0) is 12.7. The Bertz CT molecular complexity index is 300. The fourth-order valence-electron chi connectivity index (χ4n) is 1.91. The van der Waals surface area contributed by atoms with E-state index in [1.807, 2.05) is 0 Å². The summed E-state index contributed by atoms with van der Waals surface area (Å²) in [5, 5.41) is 3.47. The van der Waals surface area contributed by atoms with Gasteiger partial charge in [0.05, 0.1) is 12.4 Å². The van der Waals surface area contributed by atoms with Crippen LogP contribution >= 0.6 is 11.8 Å². The van der Waals surface area contributed by atoms with Gasteiger partial charge in [0.15, 0.2) is 0 Å². The van der Waals surface area contributed by atoms with Crippen molar-refractivity contribution in [3.63, 3.8) is 0 Å². The smallest absolute Gasteiger partial charge is 0.148 e. The highest BCUT2D eigenvalue weighted by Crippen LogP contribution is 2.20. The van der Waals surface area contributed by atoms with E-state index in [0.717, 1.165) is 31.9 Å². The van der Waals surface area contributed by atoms with Crippen LogP contribution in [0.4, 0.5) is 0 Å². The normalized spacial score (nSPS) is 22.8. The molecule has 0 spiro atoms. The minimum Gasteiger partial charge on any atom is -0.381 e. The van der Waals surface area contributed by atoms with E-state index in [-0.39, 0.29) is 5.75 Å². The van der Waals surface area contributed by atoms with E-state index in [4.69, 9.17) is 4.74 Å². The SMILES string of the molecule is CCNC(CSCCS(C)(=O)=O)C1CCOC1. The van der Waals surface area contributed by atoms with Crippen LogP contribution in [0.25, 0.3) is 0 Å². The van der Waals surface area contributed by atoms with Crippen LogP contribution in [0.15, 0.2) is 0 Å². The van der Waals surface area contributed by atoms with Crippen LogP contribution < -0.4 is 5.32 Å². The fraction of sp³-hybridized carbons (Fsp3) is 1.00. The largest absolute Gasteiger partial charge is 0.381 e. The highest BCUT2D eigenvalue weighted by Gasteiger charge is 2.24. The minimum atomic E-state index is -2.82. The Hall–Kier alpha value is 0.220. The van der Waals surface area contributed by atoms with Gasteiger partial charge in [0.2, 0.25) is 0 Å². The second-order valence-electron chi connectivity index (χ2n) is 4.49. The molecule has 0 amide bonds. The number of ether oxygens (including phenoxy) is 1. The third-order valence-electron chi connectivity index (χ3n) is 2.90. The Balaban J connectivity index is 2.24. The molecule has 0 radical (unpaired) electrons. The van der Waals surface area contributed by atoms with Gasteiger partial charge in [0.25, 0.3) is 0 Å². The highest BCUT2D eigenvalue weighted by atomic mass is 32.2. The maximum atomic E-state index is 11.0. The molecule has 0 aromatic heterocycles. The molecular formula is C11H23NO3S2. The quantitative estimate of drug-likeness (QED) is 0.666. The molecule has 1 saturated heterocycles. The molecule has 102 valence electrons. The summed E-state index contributed by atoms with van der Waals surface area (Å²) in [4.78, 5) is 0. The second-order valence-corrected chi connectivity index (χ2v) is 7.90. The van der Waals surface area contributed by atoms with Crippen LogP contribution in [0.1, 0.15) is 13.3 Å². The Morgan fingerprint density at radius 3 is 2.82 bits per heavy atom. The molecular weight excluding hydrogens is 258 g/mol. The number of thioether (sulfide) groups is 1. The van der Waals surface area contributed by atoms with Crippen LogP contribution in [0, 0.1) is 5.92 Å². The fourth-order valence-corrected chi connectivity index (χ4v) is 4.41. The molecule has 0 bridgehead atoms. The molecule has 2 unspecified atom stereocenters. The van der Waals surface area contributed by atoms with E-state index in [1.54, 1.807) is 11.8 Å². The highest BCUT2D eigenvalue weighted by molar-refractivity contribution is 8.00. The average molecular weight is 281 g/mol. The molecule has 0 aliphatic carbocycles. The first kappa shape index (κ1) is 15.3. The van der Waals surface area contributed by atoms with Gasteiger partial charge in [-0.3, -0.25) is 0 Å². The molecule has 1 aliphatic heterocycles. The Kier molecular flexibility index (Phi) is 6.84. The third kappa shape index (κ3) is 6.64. The molecule has 1 fully saturated rings. The Morgan fingerprint density at radius 2 is 2.29 bits per heavy atom. The second kappa shape index (κ2) is 7.61. The molecule has 2 atom stereocenters. The summed E-state index contributed by atoms with van der Waals surface area (Å²) in [6.07, 6.45) is 2.41. The number of rotatable bonds is 8. The summed E-state index contributed by atoms with van der Waals surface area (Å²) < 4.78 is 27.4. The van der Waals surface area contributed by atoms with E-state index < -0.39 is 9.84 Å². The van der Waals surface area contributed by atoms with Crippen molar-refractivity contribution >= 4 is 21.6 Å². The summed E-state index contributed by atoms with van der Waals surface area (Å²) in [6, 6.07) is 0.451. The van der Waals surface area contributed by atoms with Crippen LogP contribution in [-0.2, 0) is 14.6 Å². The summed E-state index contributed by atoms with van der Waals surface area (Å²) in [7, 11) is -2.82. The lowest BCUT2D eigenvalue weighted by Gasteiger charge is -2.22. The van der Waals surface area contributed by atoms with Crippen molar-refractivity contribution in [3.05, 3.63) is 0 Å². The van der Waals surface area contributed by atoms with Crippen LogP contribution in [0.2, 0.25) is 0 Å². The average Bonchev–Trinajstić information content (AvgIpc) is 2.74. The van der Waals surface area contributed by atoms with Crippen molar-refractivity contribution in [3.8, 4) is 0 Å². The van der Waals surface area contributed by atoms with Gasteiger partial charge in [0.1, 0.15) is 9.84 Å². The van der Waals surface area contributed by atoms with Crippen LogP contribution in [0.5, 0.6) is 0 Å². The maximum Gasteiger partial charge on any atom is 0.148 e. The van der Waals surface area contributed by atoms with Gasteiger partial charge in [-0.15, -0.1) is 0 Å². The van der Waals surface area contributed by atoms with E-state index in [0.29, 0.717) is 17.7 Å². The minimum absolute atomic E-state index is 0.275. The van der Waals surface area contributed by atoms with E-state index >= 15 is 0 Å². The summed E-state index contributed by atoms with van der Waals surface area (Å²) >= 11 is 1.72.